The van der Waals surface area contributed by atoms with Crippen LogP contribution in [0.15, 0.2) is 30.5 Å². The van der Waals surface area contributed by atoms with Crippen LogP contribution in [0.3, 0.4) is 0 Å². The van der Waals surface area contributed by atoms with Gasteiger partial charge in [0.05, 0.1) is 12.1 Å². The number of rotatable bonds is 9. The molecule has 0 aliphatic rings. The second-order valence-corrected chi connectivity index (χ2v) is 5.87. The number of aliphatic hydroxyl groups is 1. The van der Waals surface area contributed by atoms with Gasteiger partial charge >= 0.3 is 0 Å². The molecule has 0 aliphatic heterocycles. The van der Waals surface area contributed by atoms with Gasteiger partial charge in [0.2, 0.25) is 0 Å². The minimum absolute atomic E-state index is 0.210. The minimum atomic E-state index is -0.265. The number of benzene rings is 1. The molecule has 1 atom stereocenters. The Morgan fingerprint density at radius 1 is 1.30 bits per heavy atom. The van der Waals surface area contributed by atoms with Crippen LogP contribution in [0.4, 0.5) is 10.1 Å². The maximum absolute atomic E-state index is 13.3. The average molecular weight is 319 g/mol. The van der Waals surface area contributed by atoms with Gasteiger partial charge in [0.25, 0.3) is 0 Å². The van der Waals surface area contributed by atoms with Crippen LogP contribution in [0, 0.1) is 5.82 Å². The molecule has 4 nitrogen and oxygen atoms in total. The Labute approximate surface area is 137 Å². The molecule has 0 fully saturated rings. The van der Waals surface area contributed by atoms with E-state index in [-0.39, 0.29) is 12.4 Å². The Kier molecular flexibility index (Phi) is 6.74. The lowest BCUT2D eigenvalue weighted by Crippen LogP contribution is -2.28. The van der Waals surface area contributed by atoms with Gasteiger partial charge < -0.3 is 15.3 Å². The van der Waals surface area contributed by atoms with Crippen LogP contribution in [0.5, 0.6) is 0 Å². The van der Waals surface area contributed by atoms with E-state index in [9.17, 15) is 4.39 Å². The van der Waals surface area contributed by atoms with E-state index in [1.807, 2.05) is 6.07 Å². The van der Waals surface area contributed by atoms with E-state index in [1.165, 1.54) is 12.1 Å². The monoisotopic (exact) mass is 319 g/mol. The van der Waals surface area contributed by atoms with Gasteiger partial charge in [0.1, 0.15) is 5.82 Å². The highest BCUT2D eigenvalue weighted by atomic mass is 19.1. The fourth-order valence-electron chi connectivity index (χ4n) is 2.78. The Morgan fingerprint density at radius 2 is 2.13 bits per heavy atom. The standard InChI is InChI=1S/C18H26FN3O/c1-3-22(11-12-23)10-4-5-14(2)21-17-8-9-20-18-13-15(19)6-7-16(17)18/h6-9,13-14,23H,3-5,10-12H2,1-2H3,(H,20,21)/t14-/m1/s1. The van der Waals surface area contributed by atoms with Crippen molar-refractivity contribution in [2.75, 3.05) is 31.6 Å². The SMILES string of the molecule is CCN(CCO)CCC[C@@H](C)Nc1ccnc2cc(F)ccc12. The highest BCUT2D eigenvalue weighted by molar-refractivity contribution is 5.91. The fraction of sp³-hybridized carbons (Fsp3) is 0.500. The molecular formula is C18H26FN3O. The minimum Gasteiger partial charge on any atom is -0.395 e. The molecule has 2 rings (SSSR count). The topological polar surface area (TPSA) is 48.4 Å². The fourth-order valence-corrected chi connectivity index (χ4v) is 2.78. The van der Waals surface area contributed by atoms with Gasteiger partial charge in [-0.1, -0.05) is 6.92 Å². The lowest BCUT2D eigenvalue weighted by atomic mass is 10.1. The van der Waals surface area contributed by atoms with Gasteiger partial charge in [-0.2, -0.15) is 0 Å². The molecule has 1 heterocycles. The van der Waals surface area contributed by atoms with Crippen molar-refractivity contribution in [3.63, 3.8) is 0 Å². The molecule has 0 saturated heterocycles. The lowest BCUT2D eigenvalue weighted by molar-refractivity contribution is 0.199. The van der Waals surface area contributed by atoms with E-state index in [4.69, 9.17) is 5.11 Å². The number of aliphatic hydroxyl groups excluding tert-OH is 1. The zero-order chi connectivity index (χ0) is 16.7. The third-order valence-corrected chi connectivity index (χ3v) is 4.08. The predicted octanol–water partition coefficient (Wildman–Crippen LogP) is 3.27. The van der Waals surface area contributed by atoms with E-state index < -0.39 is 0 Å². The van der Waals surface area contributed by atoms with Gasteiger partial charge in [-0.05, 0) is 51.1 Å². The summed E-state index contributed by atoms with van der Waals surface area (Å²) >= 11 is 0. The van der Waals surface area contributed by atoms with Crippen LogP contribution < -0.4 is 5.32 Å². The van der Waals surface area contributed by atoms with Gasteiger partial charge in [0, 0.05) is 35.9 Å². The van der Waals surface area contributed by atoms with E-state index in [0.29, 0.717) is 11.6 Å². The van der Waals surface area contributed by atoms with Crippen molar-refractivity contribution in [2.45, 2.75) is 32.7 Å². The van der Waals surface area contributed by atoms with Gasteiger partial charge in [-0.3, -0.25) is 4.98 Å². The van der Waals surface area contributed by atoms with E-state index in [0.717, 1.165) is 43.5 Å². The summed E-state index contributed by atoms with van der Waals surface area (Å²) in [5.74, 6) is -0.265. The summed E-state index contributed by atoms with van der Waals surface area (Å²) in [4.78, 5) is 6.46. The molecule has 0 spiro atoms. The molecule has 0 bridgehead atoms. The van der Waals surface area contributed by atoms with Crippen molar-refractivity contribution in [3.05, 3.63) is 36.3 Å². The number of hydrogen-bond donors (Lipinski definition) is 2. The van der Waals surface area contributed by atoms with Crippen molar-refractivity contribution in [2.24, 2.45) is 0 Å². The number of pyridine rings is 1. The predicted molar refractivity (Wildman–Crippen MR) is 93.2 cm³/mol. The van der Waals surface area contributed by atoms with Crippen LogP contribution >= 0.6 is 0 Å². The molecule has 1 aromatic heterocycles. The molecule has 126 valence electrons. The summed E-state index contributed by atoms with van der Waals surface area (Å²) in [5.41, 5.74) is 1.66. The van der Waals surface area contributed by atoms with Crippen LogP contribution in [-0.4, -0.2) is 47.3 Å². The first-order valence-electron chi connectivity index (χ1n) is 8.28. The first-order chi connectivity index (χ1) is 11.1. The number of fused-ring (bicyclic) bond motifs is 1. The zero-order valence-corrected chi connectivity index (χ0v) is 13.9. The second kappa shape index (κ2) is 8.79. The van der Waals surface area contributed by atoms with Crippen molar-refractivity contribution in [3.8, 4) is 0 Å². The van der Waals surface area contributed by atoms with Gasteiger partial charge in [0.15, 0.2) is 0 Å². The van der Waals surface area contributed by atoms with Gasteiger partial charge in [-0.15, -0.1) is 0 Å². The maximum Gasteiger partial charge on any atom is 0.125 e. The summed E-state index contributed by atoms with van der Waals surface area (Å²) < 4.78 is 13.3. The third kappa shape index (κ3) is 5.15. The van der Waals surface area contributed by atoms with Crippen LogP contribution in [0.25, 0.3) is 10.9 Å². The Bertz CT molecular complexity index is 620. The Hall–Kier alpha value is -1.72. The number of nitrogens with zero attached hydrogens (tertiary/aromatic N) is 2. The van der Waals surface area contributed by atoms with Crippen LogP contribution in [-0.2, 0) is 0 Å². The lowest BCUT2D eigenvalue weighted by Gasteiger charge is -2.21. The summed E-state index contributed by atoms with van der Waals surface area (Å²) in [7, 11) is 0. The molecule has 0 amide bonds. The smallest absolute Gasteiger partial charge is 0.125 e. The number of likely N-dealkylation sites (N-methyl/N-ethyl adjacent to an activating group) is 1. The largest absolute Gasteiger partial charge is 0.395 e. The average Bonchev–Trinajstić information content (AvgIpc) is 2.54. The first-order valence-corrected chi connectivity index (χ1v) is 8.28. The summed E-state index contributed by atoms with van der Waals surface area (Å²) in [6.45, 7) is 7.16. The molecule has 0 unspecified atom stereocenters. The van der Waals surface area contributed by atoms with E-state index >= 15 is 0 Å². The number of halogens is 1. The van der Waals surface area contributed by atoms with E-state index in [2.05, 4.69) is 29.0 Å². The molecule has 2 N–H and O–H groups in total. The van der Waals surface area contributed by atoms with E-state index in [1.54, 1.807) is 12.3 Å². The molecule has 2 aromatic rings. The first kappa shape index (κ1) is 17.6. The summed E-state index contributed by atoms with van der Waals surface area (Å²) in [5, 5.41) is 13.4. The number of nitrogens with one attached hydrogen (secondary N) is 1. The highest BCUT2D eigenvalue weighted by Gasteiger charge is 2.08. The summed E-state index contributed by atoms with van der Waals surface area (Å²) in [6.07, 6.45) is 3.81. The normalized spacial score (nSPS) is 12.7. The number of aromatic nitrogens is 1. The van der Waals surface area contributed by atoms with Crippen molar-refractivity contribution in [1.29, 1.82) is 0 Å². The molecule has 0 aliphatic carbocycles. The summed E-state index contributed by atoms with van der Waals surface area (Å²) in [6, 6.07) is 6.94. The van der Waals surface area contributed by atoms with Crippen molar-refractivity contribution >= 4 is 16.6 Å². The molecule has 5 heteroatoms. The van der Waals surface area contributed by atoms with Gasteiger partial charge in [-0.25, -0.2) is 4.39 Å². The number of hydrogen-bond acceptors (Lipinski definition) is 4. The Morgan fingerprint density at radius 3 is 2.87 bits per heavy atom. The molecule has 0 radical (unpaired) electrons. The zero-order valence-electron chi connectivity index (χ0n) is 13.9. The van der Waals surface area contributed by atoms with Crippen LogP contribution in [0.1, 0.15) is 26.7 Å². The molecular weight excluding hydrogens is 293 g/mol. The third-order valence-electron chi connectivity index (χ3n) is 4.08. The van der Waals surface area contributed by atoms with Crippen molar-refractivity contribution < 1.29 is 9.50 Å². The molecule has 0 saturated carbocycles. The molecule has 1 aromatic carbocycles. The van der Waals surface area contributed by atoms with Crippen molar-refractivity contribution in [1.82, 2.24) is 9.88 Å². The van der Waals surface area contributed by atoms with Crippen LogP contribution in [0.2, 0.25) is 0 Å². The molecule has 23 heavy (non-hydrogen) atoms. The maximum atomic E-state index is 13.3. The number of anilines is 1. The Balaban J connectivity index is 1.91. The highest BCUT2D eigenvalue weighted by Crippen LogP contribution is 2.23. The quantitative estimate of drug-likeness (QED) is 0.745. The second-order valence-electron chi connectivity index (χ2n) is 5.87.